The smallest absolute Gasteiger partial charge is 0.270 e. The van der Waals surface area contributed by atoms with Crippen LogP contribution in [0.4, 0.5) is 0 Å². The number of amides is 2. The van der Waals surface area contributed by atoms with Gasteiger partial charge >= 0.3 is 0 Å². The van der Waals surface area contributed by atoms with Crippen LogP contribution in [0.3, 0.4) is 0 Å². The second-order valence-corrected chi connectivity index (χ2v) is 8.70. The first kappa shape index (κ1) is 22.4. The van der Waals surface area contributed by atoms with E-state index in [1.54, 1.807) is 6.26 Å². The van der Waals surface area contributed by atoms with Gasteiger partial charge in [0.2, 0.25) is 5.82 Å². The number of benzene rings is 1. The molecule has 3 N–H and O–H groups in total. The summed E-state index contributed by atoms with van der Waals surface area (Å²) in [5.74, 6) is 0.892. The molecule has 35 heavy (non-hydrogen) atoms. The van der Waals surface area contributed by atoms with Gasteiger partial charge in [0, 0.05) is 29.7 Å². The summed E-state index contributed by atoms with van der Waals surface area (Å²) in [5.41, 5.74) is 4.14. The maximum Gasteiger partial charge on any atom is 0.270 e. The van der Waals surface area contributed by atoms with Crippen molar-refractivity contribution in [3.8, 4) is 11.4 Å². The fourth-order valence-corrected chi connectivity index (χ4v) is 4.09. The molecule has 2 amide bonds. The van der Waals surface area contributed by atoms with Crippen LogP contribution in [0.25, 0.3) is 11.4 Å². The van der Waals surface area contributed by atoms with Crippen LogP contribution in [-0.4, -0.2) is 42.4 Å². The summed E-state index contributed by atoms with van der Waals surface area (Å²) in [5, 5.41) is 19.9. The average molecular weight is 473 g/mol. The van der Waals surface area contributed by atoms with Gasteiger partial charge in [0.1, 0.15) is 23.5 Å². The van der Waals surface area contributed by atoms with Gasteiger partial charge in [-0.25, -0.2) is 9.97 Å². The molecule has 0 bridgehead atoms. The van der Waals surface area contributed by atoms with E-state index in [4.69, 9.17) is 4.42 Å². The fourth-order valence-electron chi connectivity index (χ4n) is 4.09. The Hall–Kier alpha value is -4.41. The van der Waals surface area contributed by atoms with Crippen LogP contribution in [0.5, 0.6) is 0 Å². The molecule has 11 heteroatoms. The fraction of sp³-hybridized carbons (Fsp3) is 0.292. The third-order valence-electron chi connectivity index (χ3n) is 5.96. The largest absolute Gasteiger partial charge is 0.469 e. The Balaban J connectivity index is 1.23. The third-order valence-corrected chi connectivity index (χ3v) is 5.96. The van der Waals surface area contributed by atoms with Crippen molar-refractivity contribution in [1.29, 1.82) is 0 Å². The highest BCUT2D eigenvalue weighted by atomic mass is 16.3. The zero-order valence-corrected chi connectivity index (χ0v) is 19.3. The number of nitrogens with one attached hydrogen (secondary N) is 3. The van der Waals surface area contributed by atoms with Gasteiger partial charge in [0.05, 0.1) is 12.3 Å². The van der Waals surface area contributed by atoms with Gasteiger partial charge in [-0.05, 0) is 41.3 Å². The van der Waals surface area contributed by atoms with Gasteiger partial charge in [-0.15, -0.1) is 10.2 Å². The molecular weight excluding hydrogens is 448 g/mol. The van der Waals surface area contributed by atoms with Crippen molar-refractivity contribution < 1.29 is 14.0 Å². The minimum absolute atomic E-state index is 0.120. The first-order valence-corrected chi connectivity index (χ1v) is 11.3. The number of rotatable bonds is 7. The number of nitrogens with zero attached hydrogens (tertiary/aromatic N) is 5. The molecule has 5 rings (SSSR count). The van der Waals surface area contributed by atoms with Gasteiger partial charge in [-0.3, -0.25) is 9.59 Å². The number of fused-ring (bicyclic) bond motifs is 1. The van der Waals surface area contributed by atoms with Gasteiger partial charge in [0.15, 0.2) is 0 Å². The third kappa shape index (κ3) is 4.79. The number of H-pyrrole nitrogens is 1. The number of furan rings is 1. The molecule has 4 aromatic rings. The summed E-state index contributed by atoms with van der Waals surface area (Å²) in [6.45, 7) is 4.37. The lowest BCUT2D eigenvalue weighted by Gasteiger charge is -2.14. The molecule has 178 valence electrons. The van der Waals surface area contributed by atoms with Gasteiger partial charge in [-0.2, -0.15) is 5.21 Å². The minimum Gasteiger partial charge on any atom is -0.469 e. The Morgan fingerprint density at radius 2 is 1.97 bits per heavy atom. The average Bonchev–Trinajstić information content (AvgIpc) is 3.64. The summed E-state index contributed by atoms with van der Waals surface area (Å²) in [6, 6.07) is 9.05. The first-order chi connectivity index (χ1) is 17.0. The predicted molar refractivity (Wildman–Crippen MR) is 124 cm³/mol. The van der Waals surface area contributed by atoms with E-state index in [9.17, 15) is 9.59 Å². The number of aromatic amines is 1. The van der Waals surface area contributed by atoms with Crippen LogP contribution >= 0.6 is 0 Å². The molecule has 0 saturated heterocycles. The van der Waals surface area contributed by atoms with E-state index >= 15 is 0 Å². The van der Waals surface area contributed by atoms with E-state index in [2.05, 4.69) is 41.2 Å². The highest BCUT2D eigenvalue weighted by Gasteiger charge is 2.26. The van der Waals surface area contributed by atoms with Crippen molar-refractivity contribution in [2.75, 3.05) is 0 Å². The number of aryl methyl sites for hydroxylation is 1. The molecule has 1 aliphatic carbocycles. The first-order valence-electron chi connectivity index (χ1n) is 11.3. The lowest BCUT2D eigenvalue weighted by atomic mass is 10.0. The Morgan fingerprint density at radius 3 is 2.71 bits per heavy atom. The highest BCUT2D eigenvalue weighted by Crippen LogP contribution is 2.33. The normalized spacial score (nSPS) is 14.7. The molecule has 0 spiro atoms. The number of hydrogen-bond donors (Lipinski definition) is 3. The molecule has 1 aliphatic rings. The van der Waals surface area contributed by atoms with E-state index in [0.717, 1.165) is 40.9 Å². The van der Waals surface area contributed by atoms with Crippen molar-refractivity contribution >= 4 is 11.8 Å². The Bertz CT molecular complexity index is 1360. The van der Waals surface area contributed by atoms with Crippen molar-refractivity contribution in [1.82, 2.24) is 41.2 Å². The molecule has 0 radical (unpaired) electrons. The number of aromatic nitrogens is 6. The molecule has 0 fully saturated rings. The maximum atomic E-state index is 12.9. The van der Waals surface area contributed by atoms with Gasteiger partial charge in [0.25, 0.3) is 11.8 Å². The molecule has 1 aromatic carbocycles. The Labute approximate surface area is 200 Å². The van der Waals surface area contributed by atoms with E-state index in [1.807, 2.05) is 38.1 Å². The van der Waals surface area contributed by atoms with Crippen molar-refractivity contribution in [3.05, 3.63) is 76.8 Å². The Morgan fingerprint density at radius 1 is 1.14 bits per heavy atom. The molecule has 3 aromatic heterocycles. The lowest BCUT2D eigenvalue weighted by Crippen LogP contribution is -2.29. The van der Waals surface area contributed by atoms with Crippen molar-refractivity contribution in [3.63, 3.8) is 0 Å². The molecular formula is C24H24N8O3. The molecule has 0 saturated carbocycles. The summed E-state index contributed by atoms with van der Waals surface area (Å²) in [4.78, 5) is 33.6. The predicted octanol–water partition coefficient (Wildman–Crippen LogP) is 2.72. The molecule has 0 aliphatic heterocycles. The Kier molecular flexibility index (Phi) is 6.04. The van der Waals surface area contributed by atoms with Crippen molar-refractivity contribution in [2.24, 2.45) is 0 Å². The summed E-state index contributed by atoms with van der Waals surface area (Å²) in [6.07, 6.45) is 4.42. The highest BCUT2D eigenvalue weighted by molar-refractivity contribution is 5.97. The van der Waals surface area contributed by atoms with E-state index < -0.39 is 5.91 Å². The number of tetrazole rings is 1. The topological polar surface area (TPSA) is 152 Å². The molecule has 1 atom stereocenters. The zero-order valence-electron chi connectivity index (χ0n) is 19.3. The van der Waals surface area contributed by atoms with Crippen LogP contribution < -0.4 is 10.6 Å². The minimum atomic E-state index is -0.394. The monoisotopic (exact) mass is 472 g/mol. The van der Waals surface area contributed by atoms with E-state index in [0.29, 0.717) is 12.4 Å². The molecule has 3 heterocycles. The SMILES string of the molecule is CC(C)c1cc(CNC(=O)c2cc(C(=O)N[C@@H]3CCc4cc(-c5nn[nH]n5)ccc43)ncn2)co1. The lowest BCUT2D eigenvalue weighted by molar-refractivity contribution is 0.0931. The second-order valence-electron chi connectivity index (χ2n) is 8.70. The number of carbonyl (C=O) groups is 2. The summed E-state index contributed by atoms with van der Waals surface area (Å²) < 4.78 is 5.49. The second kappa shape index (κ2) is 9.45. The van der Waals surface area contributed by atoms with Crippen LogP contribution in [0.2, 0.25) is 0 Å². The standard InChI is InChI=1S/C24H24N8O3/c1-13(2)21-7-14(11-35-21)10-25-23(33)19-9-20(27-12-26-19)24(34)28-18-6-4-15-8-16(3-5-17(15)18)22-29-31-32-30-22/h3,5,7-9,11-13,18H,4,6,10H2,1-2H3,(H,25,33)(H,28,34)(H,29,30,31,32)/t18-/m1/s1. The van der Waals surface area contributed by atoms with E-state index in [1.165, 1.54) is 12.4 Å². The van der Waals surface area contributed by atoms with Crippen LogP contribution in [0, 0.1) is 0 Å². The van der Waals surface area contributed by atoms with E-state index in [-0.39, 0.29) is 29.3 Å². The van der Waals surface area contributed by atoms with Crippen LogP contribution in [0.1, 0.15) is 75.7 Å². The van der Waals surface area contributed by atoms with Crippen LogP contribution in [-0.2, 0) is 13.0 Å². The van der Waals surface area contributed by atoms with Gasteiger partial charge < -0.3 is 15.1 Å². The van der Waals surface area contributed by atoms with Crippen LogP contribution in [0.15, 0.2) is 47.3 Å². The molecule has 11 nitrogen and oxygen atoms in total. The quantitative estimate of drug-likeness (QED) is 0.371. The summed E-state index contributed by atoms with van der Waals surface area (Å²) >= 11 is 0. The van der Waals surface area contributed by atoms with Crippen molar-refractivity contribution in [2.45, 2.75) is 45.2 Å². The number of hydrogen-bond acceptors (Lipinski definition) is 8. The zero-order chi connectivity index (χ0) is 24.4. The molecule has 0 unspecified atom stereocenters. The summed E-state index contributed by atoms with van der Waals surface area (Å²) in [7, 11) is 0. The number of carbonyl (C=O) groups excluding carboxylic acids is 2. The van der Waals surface area contributed by atoms with Gasteiger partial charge in [-0.1, -0.05) is 26.0 Å². The maximum absolute atomic E-state index is 12.9.